The molecule has 1 aromatic carbocycles. The maximum Gasteiger partial charge on any atom is 0.408 e. The van der Waals surface area contributed by atoms with Crippen molar-refractivity contribution in [3.05, 3.63) is 35.9 Å². The van der Waals surface area contributed by atoms with Gasteiger partial charge < -0.3 is 24.8 Å². The molecule has 9 nitrogen and oxygen atoms in total. The topological polar surface area (TPSA) is 120 Å². The number of nitrogens with one attached hydrogen (secondary N) is 2. The molecule has 0 spiro atoms. The minimum Gasteiger partial charge on any atom is -0.463 e. The molecule has 9 heteroatoms. The molecule has 178 valence electrons. The molecule has 0 aliphatic rings. The van der Waals surface area contributed by atoms with Crippen molar-refractivity contribution in [3.8, 4) is 0 Å². The van der Waals surface area contributed by atoms with E-state index in [1.165, 1.54) is 0 Å². The van der Waals surface area contributed by atoms with Crippen molar-refractivity contribution in [2.24, 2.45) is 0 Å². The second kappa shape index (κ2) is 12.1. The number of ether oxygens (including phenoxy) is 3. The third kappa shape index (κ3) is 11.3. The average molecular weight is 451 g/mol. The predicted octanol–water partition coefficient (Wildman–Crippen LogP) is 3.03. The summed E-state index contributed by atoms with van der Waals surface area (Å²) in [5.41, 5.74) is -0.736. The molecule has 0 unspecified atom stereocenters. The molecular formula is C23H34N2O7. The maximum atomic E-state index is 12.5. The Labute approximate surface area is 189 Å². The van der Waals surface area contributed by atoms with Crippen LogP contribution in [0.1, 0.15) is 66.0 Å². The van der Waals surface area contributed by atoms with E-state index in [0.29, 0.717) is 6.41 Å². The summed E-state index contributed by atoms with van der Waals surface area (Å²) >= 11 is 0. The molecule has 0 saturated heterocycles. The SMILES string of the molecule is CC(C)(C)OC(=O)N[C@@H](CCC(=O)OC[C@@H](NC=O)c1ccccc1)C(=O)OC(C)(C)C. The van der Waals surface area contributed by atoms with E-state index in [1.807, 2.05) is 18.2 Å². The lowest BCUT2D eigenvalue weighted by atomic mass is 10.1. The molecule has 0 bridgehead atoms. The Balaban J connectivity index is 2.71. The van der Waals surface area contributed by atoms with Crippen molar-refractivity contribution in [2.75, 3.05) is 6.61 Å². The lowest BCUT2D eigenvalue weighted by Gasteiger charge is -2.26. The number of esters is 2. The fourth-order valence-corrected chi connectivity index (χ4v) is 2.59. The Morgan fingerprint density at radius 3 is 2.09 bits per heavy atom. The van der Waals surface area contributed by atoms with Crippen molar-refractivity contribution in [3.63, 3.8) is 0 Å². The Hall–Kier alpha value is -3.10. The largest absolute Gasteiger partial charge is 0.463 e. The Kier molecular flexibility index (Phi) is 10.2. The summed E-state index contributed by atoms with van der Waals surface area (Å²) in [6, 6.07) is 7.47. The Bertz CT molecular complexity index is 767. The van der Waals surface area contributed by atoms with Crippen LogP contribution < -0.4 is 10.6 Å². The normalized spacial score (nSPS) is 13.3. The number of rotatable bonds is 10. The fourth-order valence-electron chi connectivity index (χ4n) is 2.59. The molecule has 0 aliphatic heterocycles. The minimum atomic E-state index is -1.09. The van der Waals surface area contributed by atoms with Gasteiger partial charge in [-0.3, -0.25) is 9.59 Å². The monoisotopic (exact) mass is 450 g/mol. The van der Waals surface area contributed by atoms with Crippen LogP contribution in [0.15, 0.2) is 30.3 Å². The molecule has 0 radical (unpaired) electrons. The second-order valence-electron chi connectivity index (χ2n) is 9.20. The van der Waals surface area contributed by atoms with Crippen LogP contribution in [0.5, 0.6) is 0 Å². The van der Waals surface area contributed by atoms with Gasteiger partial charge in [-0.05, 0) is 53.5 Å². The van der Waals surface area contributed by atoms with Gasteiger partial charge in [0.2, 0.25) is 6.41 Å². The van der Waals surface area contributed by atoms with Gasteiger partial charge >= 0.3 is 18.0 Å². The maximum absolute atomic E-state index is 12.5. The van der Waals surface area contributed by atoms with E-state index in [4.69, 9.17) is 14.2 Å². The van der Waals surface area contributed by atoms with Crippen molar-refractivity contribution >= 4 is 24.4 Å². The van der Waals surface area contributed by atoms with Gasteiger partial charge in [0, 0.05) is 6.42 Å². The van der Waals surface area contributed by atoms with Crippen LogP contribution >= 0.6 is 0 Å². The van der Waals surface area contributed by atoms with Gasteiger partial charge in [0.15, 0.2) is 0 Å². The van der Waals surface area contributed by atoms with Crippen LogP contribution in [0, 0.1) is 0 Å². The number of carbonyl (C=O) groups is 4. The van der Waals surface area contributed by atoms with E-state index >= 15 is 0 Å². The quantitative estimate of drug-likeness (QED) is 0.319. The van der Waals surface area contributed by atoms with E-state index in [0.717, 1.165) is 5.56 Å². The summed E-state index contributed by atoms with van der Waals surface area (Å²) in [6.07, 6.45) is -0.442. The highest BCUT2D eigenvalue weighted by Crippen LogP contribution is 2.15. The summed E-state index contributed by atoms with van der Waals surface area (Å²) < 4.78 is 15.8. The molecule has 0 fully saturated rings. The lowest BCUT2D eigenvalue weighted by molar-refractivity contribution is -0.158. The zero-order valence-corrected chi connectivity index (χ0v) is 19.6. The summed E-state index contributed by atoms with van der Waals surface area (Å²) in [5.74, 6) is -1.26. The van der Waals surface area contributed by atoms with E-state index < -0.39 is 41.3 Å². The van der Waals surface area contributed by atoms with Gasteiger partial charge in [-0.2, -0.15) is 0 Å². The van der Waals surface area contributed by atoms with Crippen molar-refractivity contribution in [1.82, 2.24) is 10.6 Å². The fraction of sp³-hybridized carbons (Fsp3) is 0.565. The van der Waals surface area contributed by atoms with Gasteiger partial charge in [0.25, 0.3) is 0 Å². The molecule has 32 heavy (non-hydrogen) atoms. The molecule has 0 heterocycles. The van der Waals surface area contributed by atoms with Gasteiger partial charge in [0.1, 0.15) is 23.9 Å². The molecule has 0 saturated carbocycles. The van der Waals surface area contributed by atoms with E-state index in [9.17, 15) is 19.2 Å². The molecule has 1 rings (SSSR count). The van der Waals surface area contributed by atoms with E-state index in [2.05, 4.69) is 10.6 Å². The van der Waals surface area contributed by atoms with Crippen LogP contribution in [0.3, 0.4) is 0 Å². The second-order valence-corrected chi connectivity index (χ2v) is 9.20. The highest BCUT2D eigenvalue weighted by atomic mass is 16.6. The Morgan fingerprint density at radius 2 is 1.56 bits per heavy atom. The molecular weight excluding hydrogens is 416 g/mol. The van der Waals surface area contributed by atoms with Crippen molar-refractivity contribution in [1.29, 1.82) is 0 Å². The van der Waals surface area contributed by atoms with Crippen LogP contribution in [0.4, 0.5) is 4.79 Å². The minimum absolute atomic E-state index is 0.0376. The highest BCUT2D eigenvalue weighted by molar-refractivity contribution is 5.82. The highest BCUT2D eigenvalue weighted by Gasteiger charge is 2.29. The van der Waals surface area contributed by atoms with Gasteiger partial charge in [-0.25, -0.2) is 9.59 Å². The summed E-state index contributed by atoms with van der Waals surface area (Å²) in [5, 5.41) is 5.07. The molecule has 0 aromatic heterocycles. The van der Waals surface area contributed by atoms with Gasteiger partial charge in [-0.15, -0.1) is 0 Å². The zero-order chi connectivity index (χ0) is 24.4. The van der Waals surface area contributed by atoms with Gasteiger partial charge in [0.05, 0.1) is 6.04 Å². The molecule has 2 atom stereocenters. The third-order valence-electron chi connectivity index (χ3n) is 3.90. The summed E-state index contributed by atoms with van der Waals surface area (Å²) in [4.78, 5) is 47.8. The van der Waals surface area contributed by atoms with E-state index in [1.54, 1.807) is 53.7 Å². The van der Waals surface area contributed by atoms with Crippen LogP contribution in [0.2, 0.25) is 0 Å². The molecule has 0 aliphatic carbocycles. The van der Waals surface area contributed by atoms with Crippen LogP contribution in [-0.2, 0) is 28.6 Å². The molecule has 2 amide bonds. The smallest absolute Gasteiger partial charge is 0.408 e. The standard InChI is InChI=1S/C23H34N2O7/c1-22(2,3)31-20(28)17(25-21(29)32-23(4,5)6)12-13-19(27)30-14-18(24-15-26)16-10-8-7-9-11-16/h7-11,15,17-18H,12-14H2,1-6H3,(H,24,26)(H,25,29)/t17-,18+/m0/s1. The average Bonchev–Trinajstić information content (AvgIpc) is 2.66. The van der Waals surface area contributed by atoms with E-state index in [-0.39, 0.29) is 19.4 Å². The lowest BCUT2D eigenvalue weighted by Crippen LogP contribution is -2.46. The Morgan fingerprint density at radius 1 is 0.969 bits per heavy atom. The van der Waals surface area contributed by atoms with Crippen molar-refractivity contribution in [2.45, 2.75) is 77.7 Å². The number of alkyl carbamates (subject to hydrolysis) is 1. The summed E-state index contributed by atoms with van der Waals surface area (Å²) in [7, 11) is 0. The first-order valence-corrected chi connectivity index (χ1v) is 10.4. The first-order chi connectivity index (χ1) is 14.8. The number of carbonyl (C=O) groups excluding carboxylic acids is 4. The predicted molar refractivity (Wildman–Crippen MR) is 118 cm³/mol. The zero-order valence-electron chi connectivity index (χ0n) is 19.6. The molecule has 2 N–H and O–H groups in total. The van der Waals surface area contributed by atoms with Crippen LogP contribution in [0.25, 0.3) is 0 Å². The summed E-state index contributed by atoms with van der Waals surface area (Å²) in [6.45, 7) is 10.1. The number of hydrogen-bond acceptors (Lipinski definition) is 7. The van der Waals surface area contributed by atoms with Crippen LogP contribution in [-0.4, -0.2) is 48.3 Å². The van der Waals surface area contributed by atoms with Crippen molar-refractivity contribution < 1.29 is 33.4 Å². The first-order valence-electron chi connectivity index (χ1n) is 10.4. The molecule has 1 aromatic rings. The number of amides is 2. The number of hydrogen-bond donors (Lipinski definition) is 2. The van der Waals surface area contributed by atoms with Gasteiger partial charge in [-0.1, -0.05) is 30.3 Å². The third-order valence-corrected chi connectivity index (χ3v) is 3.90. The number of benzene rings is 1. The first kappa shape index (κ1) is 26.9.